The summed E-state index contributed by atoms with van der Waals surface area (Å²) in [6.07, 6.45) is 1.09. The number of hydrogen-bond donors (Lipinski definition) is 1. The van der Waals surface area contributed by atoms with Crippen molar-refractivity contribution in [3.05, 3.63) is 58.6 Å². The first kappa shape index (κ1) is 15.1. The van der Waals surface area contributed by atoms with Crippen molar-refractivity contribution in [3.63, 3.8) is 0 Å². The van der Waals surface area contributed by atoms with Crippen LogP contribution in [0, 0.1) is 6.92 Å². The second kappa shape index (κ2) is 6.92. The van der Waals surface area contributed by atoms with Gasteiger partial charge in [0.1, 0.15) is 0 Å². The SMILES string of the molecule is CCNC(CC)c1cccc(-c2ccc(C)c(Cl)c2)c1. The van der Waals surface area contributed by atoms with E-state index in [2.05, 4.69) is 55.6 Å². The molecule has 0 amide bonds. The van der Waals surface area contributed by atoms with Crippen LogP contribution >= 0.6 is 11.6 Å². The fourth-order valence-corrected chi connectivity index (χ4v) is 2.63. The molecule has 0 spiro atoms. The minimum Gasteiger partial charge on any atom is -0.310 e. The summed E-state index contributed by atoms with van der Waals surface area (Å²) in [6.45, 7) is 7.37. The van der Waals surface area contributed by atoms with Gasteiger partial charge in [0.15, 0.2) is 0 Å². The molecule has 0 heterocycles. The molecule has 0 fully saturated rings. The Balaban J connectivity index is 2.35. The lowest BCUT2D eigenvalue weighted by Crippen LogP contribution is -2.19. The lowest BCUT2D eigenvalue weighted by molar-refractivity contribution is 0.537. The number of nitrogens with one attached hydrogen (secondary N) is 1. The smallest absolute Gasteiger partial charge is 0.0441 e. The first-order valence-electron chi connectivity index (χ1n) is 7.25. The van der Waals surface area contributed by atoms with E-state index in [9.17, 15) is 0 Å². The van der Waals surface area contributed by atoms with Crippen LogP contribution < -0.4 is 5.32 Å². The molecule has 0 aliphatic rings. The van der Waals surface area contributed by atoms with E-state index in [1.165, 1.54) is 16.7 Å². The average molecular weight is 288 g/mol. The van der Waals surface area contributed by atoms with Gasteiger partial charge >= 0.3 is 0 Å². The Labute approximate surface area is 127 Å². The van der Waals surface area contributed by atoms with Crippen LogP contribution in [0.3, 0.4) is 0 Å². The first-order valence-corrected chi connectivity index (χ1v) is 7.63. The topological polar surface area (TPSA) is 12.0 Å². The zero-order valence-corrected chi connectivity index (χ0v) is 13.2. The van der Waals surface area contributed by atoms with Crippen molar-refractivity contribution in [1.29, 1.82) is 0 Å². The Morgan fingerprint density at radius 2 is 1.80 bits per heavy atom. The molecule has 0 saturated heterocycles. The second-order valence-corrected chi connectivity index (χ2v) is 5.52. The molecule has 0 saturated carbocycles. The molecule has 0 bridgehead atoms. The van der Waals surface area contributed by atoms with Crippen LogP contribution in [-0.4, -0.2) is 6.54 Å². The molecule has 0 aliphatic carbocycles. The number of hydrogen-bond acceptors (Lipinski definition) is 1. The van der Waals surface area contributed by atoms with E-state index in [1.54, 1.807) is 0 Å². The van der Waals surface area contributed by atoms with Gasteiger partial charge < -0.3 is 5.32 Å². The Kier molecular flexibility index (Phi) is 5.22. The summed E-state index contributed by atoms with van der Waals surface area (Å²) in [5.41, 5.74) is 4.85. The van der Waals surface area contributed by atoms with Gasteiger partial charge in [0.05, 0.1) is 0 Å². The lowest BCUT2D eigenvalue weighted by Gasteiger charge is -2.17. The predicted octanol–water partition coefficient (Wildman–Crippen LogP) is 5.38. The van der Waals surface area contributed by atoms with E-state index in [-0.39, 0.29) is 0 Å². The highest BCUT2D eigenvalue weighted by molar-refractivity contribution is 6.31. The summed E-state index contributed by atoms with van der Waals surface area (Å²) in [5.74, 6) is 0. The third-order valence-corrected chi connectivity index (χ3v) is 4.06. The Morgan fingerprint density at radius 1 is 1.05 bits per heavy atom. The second-order valence-electron chi connectivity index (χ2n) is 5.11. The third kappa shape index (κ3) is 3.41. The average Bonchev–Trinajstić information content (AvgIpc) is 2.47. The summed E-state index contributed by atoms with van der Waals surface area (Å²) < 4.78 is 0. The van der Waals surface area contributed by atoms with Gasteiger partial charge in [-0.2, -0.15) is 0 Å². The molecule has 1 nitrogen and oxygen atoms in total. The van der Waals surface area contributed by atoms with Crippen molar-refractivity contribution in [1.82, 2.24) is 5.32 Å². The van der Waals surface area contributed by atoms with Crippen molar-refractivity contribution in [2.75, 3.05) is 6.54 Å². The molecule has 1 atom stereocenters. The fraction of sp³-hybridized carbons (Fsp3) is 0.333. The minimum atomic E-state index is 0.417. The zero-order valence-electron chi connectivity index (χ0n) is 12.4. The van der Waals surface area contributed by atoms with Gasteiger partial charge in [-0.25, -0.2) is 0 Å². The van der Waals surface area contributed by atoms with Gasteiger partial charge in [-0.15, -0.1) is 0 Å². The molecule has 2 aromatic rings. The molecule has 106 valence electrons. The Bertz CT molecular complexity index is 577. The maximum Gasteiger partial charge on any atom is 0.0441 e. The molecule has 2 aromatic carbocycles. The highest BCUT2D eigenvalue weighted by Crippen LogP contribution is 2.28. The van der Waals surface area contributed by atoms with Crippen LogP contribution in [0.4, 0.5) is 0 Å². The van der Waals surface area contributed by atoms with E-state index in [0.29, 0.717) is 6.04 Å². The third-order valence-electron chi connectivity index (χ3n) is 3.65. The van der Waals surface area contributed by atoms with Gasteiger partial charge in [0.2, 0.25) is 0 Å². The summed E-state index contributed by atoms with van der Waals surface area (Å²) in [5, 5.41) is 4.35. The zero-order chi connectivity index (χ0) is 14.5. The van der Waals surface area contributed by atoms with Crippen molar-refractivity contribution in [3.8, 4) is 11.1 Å². The standard InChI is InChI=1S/C18H22ClN/c1-4-18(20-5-2)16-8-6-7-14(11-16)15-10-9-13(3)17(19)12-15/h6-12,18,20H,4-5H2,1-3H3. The van der Waals surface area contributed by atoms with Crippen LogP contribution in [-0.2, 0) is 0 Å². The molecule has 1 N–H and O–H groups in total. The van der Waals surface area contributed by atoms with Crippen LogP contribution in [0.5, 0.6) is 0 Å². The van der Waals surface area contributed by atoms with Crippen LogP contribution in [0.1, 0.15) is 37.4 Å². The highest BCUT2D eigenvalue weighted by atomic mass is 35.5. The predicted molar refractivity (Wildman–Crippen MR) is 88.3 cm³/mol. The van der Waals surface area contributed by atoms with Gasteiger partial charge in [0.25, 0.3) is 0 Å². The first-order chi connectivity index (χ1) is 9.65. The van der Waals surface area contributed by atoms with Gasteiger partial charge in [-0.1, -0.05) is 55.8 Å². The Hall–Kier alpha value is -1.31. The van der Waals surface area contributed by atoms with E-state index in [1.807, 2.05) is 13.0 Å². The van der Waals surface area contributed by atoms with Crippen LogP contribution in [0.15, 0.2) is 42.5 Å². The molecule has 20 heavy (non-hydrogen) atoms. The van der Waals surface area contributed by atoms with Crippen LogP contribution in [0.2, 0.25) is 5.02 Å². The van der Waals surface area contributed by atoms with E-state index in [0.717, 1.165) is 23.6 Å². The quantitative estimate of drug-likeness (QED) is 0.779. The van der Waals surface area contributed by atoms with Crippen molar-refractivity contribution >= 4 is 11.6 Å². The summed E-state index contributed by atoms with van der Waals surface area (Å²) in [7, 11) is 0. The fourth-order valence-electron chi connectivity index (χ4n) is 2.45. The molecule has 1 unspecified atom stereocenters. The summed E-state index contributed by atoms with van der Waals surface area (Å²) >= 11 is 6.23. The minimum absolute atomic E-state index is 0.417. The maximum atomic E-state index is 6.23. The molecule has 0 radical (unpaired) electrons. The summed E-state index contributed by atoms with van der Waals surface area (Å²) in [6, 6.07) is 15.4. The van der Waals surface area contributed by atoms with Crippen molar-refractivity contribution in [2.24, 2.45) is 0 Å². The van der Waals surface area contributed by atoms with E-state index >= 15 is 0 Å². The van der Waals surface area contributed by atoms with E-state index < -0.39 is 0 Å². The van der Waals surface area contributed by atoms with Gasteiger partial charge in [-0.05, 0) is 54.3 Å². The van der Waals surface area contributed by atoms with Crippen molar-refractivity contribution in [2.45, 2.75) is 33.2 Å². The molecular weight excluding hydrogens is 266 g/mol. The van der Waals surface area contributed by atoms with Gasteiger partial charge in [0, 0.05) is 11.1 Å². The van der Waals surface area contributed by atoms with Crippen LogP contribution in [0.25, 0.3) is 11.1 Å². The normalized spacial score (nSPS) is 12.4. The number of rotatable bonds is 5. The lowest BCUT2D eigenvalue weighted by atomic mass is 9.97. The molecule has 0 aromatic heterocycles. The highest BCUT2D eigenvalue weighted by Gasteiger charge is 2.09. The van der Waals surface area contributed by atoms with E-state index in [4.69, 9.17) is 11.6 Å². The monoisotopic (exact) mass is 287 g/mol. The number of benzene rings is 2. The number of aryl methyl sites for hydroxylation is 1. The van der Waals surface area contributed by atoms with Crippen molar-refractivity contribution < 1.29 is 0 Å². The maximum absolute atomic E-state index is 6.23. The molecular formula is C18H22ClN. The molecule has 2 rings (SSSR count). The Morgan fingerprint density at radius 3 is 2.45 bits per heavy atom. The molecule has 0 aliphatic heterocycles. The largest absolute Gasteiger partial charge is 0.310 e. The molecule has 2 heteroatoms. The summed E-state index contributed by atoms with van der Waals surface area (Å²) in [4.78, 5) is 0. The van der Waals surface area contributed by atoms with Gasteiger partial charge in [-0.3, -0.25) is 0 Å². The number of halogens is 1.